The molecule has 0 aliphatic heterocycles. The number of nitrogens with zero attached hydrogens (tertiary/aromatic N) is 1. The Kier molecular flexibility index (Phi) is 47.7. The summed E-state index contributed by atoms with van der Waals surface area (Å²) in [7, 11) is 1.48. The first-order valence-electron chi connectivity index (χ1n) is 28.6. The highest BCUT2D eigenvalue weighted by molar-refractivity contribution is 7.47. The van der Waals surface area contributed by atoms with Gasteiger partial charge in [-0.25, -0.2) is 4.57 Å². The molecule has 0 saturated heterocycles. The predicted molar refractivity (Wildman–Crippen MR) is 295 cm³/mol. The Bertz CT molecular complexity index is 1370. The third kappa shape index (κ3) is 50.4. The summed E-state index contributed by atoms with van der Waals surface area (Å²) >= 11 is 0. The molecule has 0 radical (unpaired) electrons. The van der Waals surface area contributed by atoms with Crippen molar-refractivity contribution >= 4 is 19.7 Å². The van der Waals surface area contributed by atoms with Gasteiger partial charge in [0.25, 0.3) is 0 Å². The normalized spacial score (nSPS) is 14.2. The number of phosphoric ester groups is 1. The second-order valence-corrected chi connectivity index (χ2v) is 21.9. The van der Waals surface area contributed by atoms with Crippen molar-refractivity contribution in [3.05, 3.63) is 60.8 Å². The van der Waals surface area contributed by atoms with Crippen LogP contribution in [0.5, 0.6) is 0 Å². The van der Waals surface area contributed by atoms with Crippen LogP contribution in [0.2, 0.25) is 0 Å². The Morgan fingerprint density at radius 3 is 1.41 bits per heavy atom. The fourth-order valence-electron chi connectivity index (χ4n) is 7.93. The van der Waals surface area contributed by atoms with E-state index in [4.69, 9.17) is 13.8 Å². The molecule has 402 valence electrons. The van der Waals surface area contributed by atoms with Crippen LogP contribution in [-0.2, 0) is 27.9 Å². The molecule has 0 bridgehead atoms. The van der Waals surface area contributed by atoms with Crippen LogP contribution in [-0.4, -0.2) is 74.3 Å². The van der Waals surface area contributed by atoms with Gasteiger partial charge in [-0.2, -0.15) is 0 Å². The van der Waals surface area contributed by atoms with Crippen LogP contribution >= 0.6 is 7.82 Å². The summed E-state index contributed by atoms with van der Waals surface area (Å²) in [5.74, 6) is -0.525. The van der Waals surface area contributed by atoms with Gasteiger partial charge < -0.3 is 19.4 Å². The second kappa shape index (κ2) is 49.3. The number of unbranched alkanes of at least 4 members (excludes halogenated alkanes) is 27. The first kappa shape index (κ1) is 66.7. The molecule has 0 rings (SSSR count). The van der Waals surface area contributed by atoms with Gasteiger partial charge in [0, 0.05) is 12.8 Å². The molecule has 0 aliphatic carbocycles. The topological polar surface area (TPSA) is 111 Å². The zero-order valence-electron chi connectivity index (χ0n) is 45.8. The van der Waals surface area contributed by atoms with Gasteiger partial charge in [0.15, 0.2) is 0 Å². The molecule has 0 saturated carbocycles. The van der Waals surface area contributed by atoms with Gasteiger partial charge in [-0.15, -0.1) is 0 Å². The smallest absolute Gasteiger partial charge is 0.456 e. The fraction of sp³-hybridized carbons (Fsp3) is 0.797. The summed E-state index contributed by atoms with van der Waals surface area (Å²) in [5, 5.41) is 3.03. The molecule has 0 aliphatic rings. The lowest BCUT2D eigenvalue weighted by molar-refractivity contribution is -0.870. The van der Waals surface area contributed by atoms with Crippen molar-refractivity contribution in [2.24, 2.45) is 0 Å². The Hall–Kier alpha value is -2.29. The van der Waals surface area contributed by atoms with E-state index < -0.39 is 20.0 Å². The quantitative estimate of drug-likeness (QED) is 0.0205. The summed E-state index contributed by atoms with van der Waals surface area (Å²) in [5.41, 5.74) is 0. The minimum absolute atomic E-state index is 0.0361. The third-order valence-corrected chi connectivity index (χ3v) is 13.4. The Balaban J connectivity index is 5.24. The van der Waals surface area contributed by atoms with Crippen LogP contribution < -0.4 is 5.32 Å². The maximum atomic E-state index is 13.4. The van der Waals surface area contributed by atoms with Crippen LogP contribution in [0.15, 0.2) is 60.8 Å². The number of nitrogens with one attached hydrogen (secondary N) is 1. The van der Waals surface area contributed by atoms with Crippen molar-refractivity contribution in [3.63, 3.8) is 0 Å². The molecule has 0 fully saturated rings. The molecule has 3 atom stereocenters. The molecule has 1 amide bonds. The number of hydrogen-bond acceptors (Lipinski definition) is 6. The Morgan fingerprint density at radius 2 is 0.899 bits per heavy atom. The highest BCUT2D eigenvalue weighted by Crippen LogP contribution is 2.43. The number of phosphoric acid groups is 1. The number of likely N-dealkylation sites (N-methyl/N-ethyl adjacent to an activating group) is 1. The molecule has 0 aromatic carbocycles. The standard InChI is InChI=1S/C59H109N2O7P/c1-7-10-13-16-19-22-25-26-27-28-29-30-31-32-33-34-37-40-43-46-49-52-59(63)68-57(50-47-44-41-38-35-23-20-17-14-11-8-2)56(55-67-69(64,65)66-54-53-61(4,5)6)60-58(62)51-48-45-42-39-36-24-21-18-15-12-9-3/h18-19,21-22,26-27,29-30,47,50,56-57H,7-17,20,23-25,28,31-46,48-49,51-55H2,1-6H3,(H-,60,62,64,65)/p+1/b21-18-,22-19-,27-26-,30-29-,50-47-. The molecule has 0 aromatic rings. The lowest BCUT2D eigenvalue weighted by atomic mass is 10.1. The van der Waals surface area contributed by atoms with E-state index in [1.54, 1.807) is 0 Å². The van der Waals surface area contributed by atoms with Crippen LogP contribution in [0.3, 0.4) is 0 Å². The van der Waals surface area contributed by atoms with E-state index in [1.165, 1.54) is 109 Å². The predicted octanol–water partition coefficient (Wildman–Crippen LogP) is 17.1. The summed E-state index contributed by atoms with van der Waals surface area (Å²) < 4.78 is 30.5. The highest BCUT2D eigenvalue weighted by atomic mass is 31.2. The number of carbonyl (C=O) groups excluding carboxylic acids is 2. The molecule has 0 heterocycles. The van der Waals surface area contributed by atoms with Crippen LogP contribution in [0, 0.1) is 0 Å². The fourth-order valence-corrected chi connectivity index (χ4v) is 8.66. The van der Waals surface area contributed by atoms with E-state index >= 15 is 0 Å². The highest BCUT2D eigenvalue weighted by Gasteiger charge is 2.30. The first-order chi connectivity index (χ1) is 33.4. The third-order valence-electron chi connectivity index (χ3n) is 12.4. The number of hydrogen-bond donors (Lipinski definition) is 2. The average Bonchev–Trinajstić information content (AvgIpc) is 3.31. The Morgan fingerprint density at radius 1 is 0.507 bits per heavy atom. The maximum Gasteiger partial charge on any atom is 0.472 e. The SMILES string of the molecule is CCCC/C=C\CCCCCCCC(=O)NC(COP(=O)(O)OCC[N+](C)(C)C)C(/C=C\CCCCCCCCCCC)OC(=O)CCCCCCCCCC/C=C\C/C=C\C/C=C\CCCCC. The zero-order valence-corrected chi connectivity index (χ0v) is 46.7. The van der Waals surface area contributed by atoms with Crippen molar-refractivity contribution in [2.75, 3.05) is 40.9 Å². The van der Waals surface area contributed by atoms with Gasteiger partial charge in [-0.1, -0.05) is 210 Å². The summed E-state index contributed by atoms with van der Waals surface area (Å²) in [4.78, 5) is 37.5. The molecule has 0 aromatic heterocycles. The van der Waals surface area contributed by atoms with Gasteiger partial charge >= 0.3 is 13.8 Å². The molecule has 0 spiro atoms. The average molecular weight is 991 g/mol. The molecule has 69 heavy (non-hydrogen) atoms. The van der Waals surface area contributed by atoms with Crippen molar-refractivity contribution in [1.29, 1.82) is 0 Å². The summed E-state index contributed by atoms with van der Waals surface area (Å²) in [6, 6.07) is -0.854. The van der Waals surface area contributed by atoms with E-state index in [9.17, 15) is 19.0 Å². The van der Waals surface area contributed by atoms with E-state index in [2.05, 4.69) is 74.7 Å². The molecule has 10 heteroatoms. The van der Waals surface area contributed by atoms with Crippen molar-refractivity contribution < 1.29 is 37.3 Å². The van der Waals surface area contributed by atoms with Gasteiger partial charge in [0.05, 0.1) is 33.8 Å². The number of esters is 1. The van der Waals surface area contributed by atoms with Crippen molar-refractivity contribution in [1.82, 2.24) is 5.32 Å². The van der Waals surface area contributed by atoms with Crippen LogP contribution in [0.4, 0.5) is 0 Å². The van der Waals surface area contributed by atoms with Gasteiger partial charge in [0.1, 0.15) is 19.3 Å². The zero-order chi connectivity index (χ0) is 50.8. The molecular formula is C59H110N2O7P+. The maximum absolute atomic E-state index is 13.4. The van der Waals surface area contributed by atoms with Crippen LogP contribution in [0.25, 0.3) is 0 Å². The van der Waals surface area contributed by atoms with Gasteiger partial charge in [-0.05, 0) is 89.5 Å². The summed E-state index contributed by atoms with van der Waals surface area (Å²) in [6.45, 7) is 6.92. The largest absolute Gasteiger partial charge is 0.472 e. The molecular weight excluding hydrogens is 880 g/mol. The summed E-state index contributed by atoms with van der Waals surface area (Å²) in [6.07, 6.45) is 60.7. The number of allylic oxidation sites excluding steroid dienone is 9. The van der Waals surface area contributed by atoms with Crippen molar-refractivity contribution in [2.45, 2.75) is 264 Å². The lowest BCUT2D eigenvalue weighted by Crippen LogP contribution is -2.47. The van der Waals surface area contributed by atoms with E-state index in [1.807, 2.05) is 33.3 Å². The molecule has 3 unspecified atom stereocenters. The molecule has 9 nitrogen and oxygen atoms in total. The van der Waals surface area contributed by atoms with Gasteiger partial charge in [-0.3, -0.25) is 18.6 Å². The Labute approximate surface area is 426 Å². The van der Waals surface area contributed by atoms with E-state index in [0.29, 0.717) is 17.4 Å². The number of carbonyl (C=O) groups is 2. The number of quaternary nitrogens is 1. The minimum Gasteiger partial charge on any atom is -0.456 e. The van der Waals surface area contributed by atoms with Gasteiger partial charge in [0.2, 0.25) is 5.91 Å². The number of amides is 1. The van der Waals surface area contributed by atoms with E-state index in [0.717, 1.165) is 109 Å². The van der Waals surface area contributed by atoms with Crippen LogP contribution in [0.1, 0.15) is 252 Å². The van der Waals surface area contributed by atoms with Crippen molar-refractivity contribution in [3.8, 4) is 0 Å². The second-order valence-electron chi connectivity index (χ2n) is 20.5. The van der Waals surface area contributed by atoms with E-state index in [-0.39, 0.29) is 31.5 Å². The minimum atomic E-state index is -4.44. The monoisotopic (exact) mass is 990 g/mol. The lowest BCUT2D eigenvalue weighted by Gasteiger charge is -2.27. The molecule has 2 N–H and O–H groups in total. The number of ether oxygens (including phenoxy) is 1. The first-order valence-corrected chi connectivity index (χ1v) is 30.1. The number of rotatable bonds is 51.